The molecule has 1 saturated heterocycles. The highest BCUT2D eigenvalue weighted by Gasteiger charge is 2.14. The van der Waals surface area contributed by atoms with Gasteiger partial charge in [-0.05, 0) is 7.05 Å². The van der Waals surface area contributed by atoms with Crippen molar-refractivity contribution in [2.24, 2.45) is 5.73 Å². The summed E-state index contributed by atoms with van der Waals surface area (Å²) in [5.74, 6) is 0. The van der Waals surface area contributed by atoms with Gasteiger partial charge in [0.1, 0.15) is 0 Å². The molecule has 1 fully saturated rings. The van der Waals surface area contributed by atoms with Gasteiger partial charge in [-0.1, -0.05) is 13.8 Å². The van der Waals surface area contributed by atoms with Gasteiger partial charge >= 0.3 is 0 Å². The van der Waals surface area contributed by atoms with E-state index < -0.39 is 0 Å². The van der Waals surface area contributed by atoms with Crippen LogP contribution < -0.4 is 5.73 Å². The van der Waals surface area contributed by atoms with Gasteiger partial charge in [0, 0.05) is 19.6 Å². The zero-order valence-electron chi connectivity index (χ0n) is 7.84. The van der Waals surface area contributed by atoms with Crippen molar-refractivity contribution in [2.45, 2.75) is 20.0 Å². The van der Waals surface area contributed by atoms with Gasteiger partial charge in [-0.25, -0.2) is 0 Å². The highest BCUT2D eigenvalue weighted by molar-refractivity contribution is 4.68. The Kier molecular flexibility index (Phi) is 6.51. The molecular formula is C8H20N2O. The summed E-state index contributed by atoms with van der Waals surface area (Å²) in [6.45, 7) is 7.50. The molecule has 1 aliphatic heterocycles. The number of rotatable bonds is 1. The minimum Gasteiger partial charge on any atom is -0.374 e. The number of nitrogens with two attached hydrogens (primary N) is 1. The summed E-state index contributed by atoms with van der Waals surface area (Å²) in [5.41, 5.74) is 5.41. The summed E-state index contributed by atoms with van der Waals surface area (Å²) in [7, 11) is 2.09. The first-order valence-corrected chi connectivity index (χ1v) is 4.33. The molecule has 1 atom stereocenters. The fourth-order valence-corrected chi connectivity index (χ4v) is 1.01. The van der Waals surface area contributed by atoms with Crippen LogP contribution in [0.1, 0.15) is 13.8 Å². The molecule has 0 aromatic carbocycles. The Hall–Kier alpha value is -0.120. The molecule has 0 bridgehead atoms. The Morgan fingerprint density at radius 1 is 1.55 bits per heavy atom. The smallest absolute Gasteiger partial charge is 0.0824 e. The van der Waals surface area contributed by atoms with Crippen molar-refractivity contribution in [3.05, 3.63) is 0 Å². The second-order valence-electron chi connectivity index (χ2n) is 2.49. The normalized spacial score (nSPS) is 25.6. The first-order chi connectivity index (χ1) is 5.33. The van der Waals surface area contributed by atoms with E-state index in [2.05, 4.69) is 11.9 Å². The largest absolute Gasteiger partial charge is 0.374 e. The van der Waals surface area contributed by atoms with Gasteiger partial charge in [0.25, 0.3) is 0 Å². The molecule has 0 aromatic rings. The van der Waals surface area contributed by atoms with E-state index in [4.69, 9.17) is 10.5 Å². The van der Waals surface area contributed by atoms with Gasteiger partial charge < -0.3 is 15.4 Å². The van der Waals surface area contributed by atoms with E-state index in [9.17, 15) is 0 Å². The molecule has 1 aliphatic rings. The van der Waals surface area contributed by atoms with Gasteiger partial charge in [0.15, 0.2) is 0 Å². The van der Waals surface area contributed by atoms with Crippen LogP contribution in [0.5, 0.6) is 0 Å². The maximum atomic E-state index is 5.41. The van der Waals surface area contributed by atoms with Gasteiger partial charge in [0.2, 0.25) is 0 Å². The molecule has 0 saturated carbocycles. The third-order valence-electron chi connectivity index (χ3n) is 1.60. The molecule has 0 aromatic heterocycles. The lowest BCUT2D eigenvalue weighted by molar-refractivity contribution is -0.0138. The monoisotopic (exact) mass is 160 g/mol. The summed E-state index contributed by atoms with van der Waals surface area (Å²) in [6.07, 6.45) is 0.267. The van der Waals surface area contributed by atoms with E-state index in [0.717, 1.165) is 19.7 Å². The summed E-state index contributed by atoms with van der Waals surface area (Å²) >= 11 is 0. The van der Waals surface area contributed by atoms with Crippen LogP contribution in [0.4, 0.5) is 0 Å². The molecule has 3 heteroatoms. The molecular weight excluding hydrogens is 140 g/mol. The third kappa shape index (κ3) is 4.35. The van der Waals surface area contributed by atoms with Crippen LogP contribution in [0.15, 0.2) is 0 Å². The highest BCUT2D eigenvalue weighted by atomic mass is 16.5. The molecule has 0 aliphatic carbocycles. The highest BCUT2D eigenvalue weighted by Crippen LogP contribution is 1.99. The summed E-state index contributed by atoms with van der Waals surface area (Å²) in [5, 5.41) is 0. The lowest BCUT2D eigenvalue weighted by Crippen LogP contribution is -2.43. The second kappa shape index (κ2) is 6.58. The molecule has 68 valence electrons. The summed E-state index contributed by atoms with van der Waals surface area (Å²) in [4.78, 5) is 2.24. The maximum absolute atomic E-state index is 5.41. The average molecular weight is 160 g/mol. The van der Waals surface area contributed by atoms with E-state index >= 15 is 0 Å². The third-order valence-corrected chi connectivity index (χ3v) is 1.60. The van der Waals surface area contributed by atoms with Gasteiger partial charge in [-0.2, -0.15) is 0 Å². The second-order valence-corrected chi connectivity index (χ2v) is 2.49. The predicted octanol–water partition coefficient (Wildman–Crippen LogP) is 0.302. The SMILES string of the molecule is CC.CN1CCOC(CN)C1. The number of morpholine rings is 1. The van der Waals surface area contributed by atoms with Crippen molar-refractivity contribution < 1.29 is 4.74 Å². The summed E-state index contributed by atoms with van der Waals surface area (Å²) in [6, 6.07) is 0. The minimum absolute atomic E-state index is 0.267. The van der Waals surface area contributed by atoms with Crippen molar-refractivity contribution in [1.82, 2.24) is 4.90 Å². The molecule has 1 rings (SSSR count). The van der Waals surface area contributed by atoms with E-state index in [0.29, 0.717) is 6.54 Å². The number of nitrogens with zero attached hydrogens (tertiary/aromatic N) is 1. The summed E-state index contributed by atoms with van der Waals surface area (Å²) < 4.78 is 5.33. The number of hydrogen-bond donors (Lipinski definition) is 1. The van der Waals surface area contributed by atoms with E-state index in [1.165, 1.54) is 0 Å². The van der Waals surface area contributed by atoms with Crippen LogP contribution in [0.3, 0.4) is 0 Å². The standard InChI is InChI=1S/C6H14N2O.C2H6/c1-8-2-3-9-6(4-7)5-8;1-2/h6H,2-5,7H2,1H3;1-2H3. The molecule has 2 N–H and O–H groups in total. The average Bonchev–Trinajstić information content (AvgIpc) is 2.08. The lowest BCUT2D eigenvalue weighted by Gasteiger charge is -2.28. The van der Waals surface area contributed by atoms with Crippen LogP contribution in [-0.4, -0.2) is 44.3 Å². The molecule has 3 nitrogen and oxygen atoms in total. The van der Waals surface area contributed by atoms with Gasteiger partial charge in [-0.15, -0.1) is 0 Å². The number of hydrogen-bond acceptors (Lipinski definition) is 3. The van der Waals surface area contributed by atoms with E-state index in [1.54, 1.807) is 0 Å². The Labute approximate surface area is 69.5 Å². The first kappa shape index (κ1) is 10.9. The minimum atomic E-state index is 0.267. The van der Waals surface area contributed by atoms with Crippen LogP contribution in [0.2, 0.25) is 0 Å². The van der Waals surface area contributed by atoms with Crippen molar-refractivity contribution in [2.75, 3.05) is 33.3 Å². The van der Waals surface area contributed by atoms with Crippen LogP contribution >= 0.6 is 0 Å². The first-order valence-electron chi connectivity index (χ1n) is 4.33. The van der Waals surface area contributed by atoms with Crippen molar-refractivity contribution in [3.8, 4) is 0 Å². The number of likely N-dealkylation sites (N-methyl/N-ethyl adjacent to an activating group) is 1. The van der Waals surface area contributed by atoms with Gasteiger partial charge in [0.05, 0.1) is 12.7 Å². The van der Waals surface area contributed by atoms with Crippen molar-refractivity contribution in [3.63, 3.8) is 0 Å². The van der Waals surface area contributed by atoms with Gasteiger partial charge in [-0.3, -0.25) is 0 Å². The Morgan fingerprint density at radius 2 is 2.18 bits per heavy atom. The van der Waals surface area contributed by atoms with Crippen LogP contribution in [0.25, 0.3) is 0 Å². The van der Waals surface area contributed by atoms with Crippen molar-refractivity contribution in [1.29, 1.82) is 0 Å². The Balaban J connectivity index is 0.000000461. The molecule has 0 amide bonds. The number of ether oxygens (including phenoxy) is 1. The van der Waals surface area contributed by atoms with Crippen LogP contribution in [-0.2, 0) is 4.74 Å². The molecule has 1 heterocycles. The Morgan fingerprint density at radius 3 is 2.55 bits per heavy atom. The fraction of sp³-hybridized carbons (Fsp3) is 1.00. The topological polar surface area (TPSA) is 38.5 Å². The zero-order chi connectivity index (χ0) is 8.69. The fourth-order valence-electron chi connectivity index (χ4n) is 1.01. The van der Waals surface area contributed by atoms with Crippen molar-refractivity contribution >= 4 is 0 Å². The molecule has 0 spiro atoms. The Bertz CT molecular complexity index is 88.2. The molecule has 11 heavy (non-hydrogen) atoms. The zero-order valence-corrected chi connectivity index (χ0v) is 7.84. The lowest BCUT2D eigenvalue weighted by atomic mass is 10.3. The predicted molar refractivity (Wildman–Crippen MR) is 47.6 cm³/mol. The molecule has 0 radical (unpaired) electrons. The maximum Gasteiger partial charge on any atom is 0.0824 e. The van der Waals surface area contributed by atoms with Crippen LogP contribution in [0, 0.1) is 0 Å². The van der Waals surface area contributed by atoms with E-state index in [-0.39, 0.29) is 6.10 Å². The molecule has 1 unspecified atom stereocenters. The quantitative estimate of drug-likeness (QED) is 0.599. The van der Waals surface area contributed by atoms with E-state index in [1.807, 2.05) is 13.8 Å².